The summed E-state index contributed by atoms with van der Waals surface area (Å²) in [5.74, 6) is 0. The second kappa shape index (κ2) is 7.22. The molecule has 0 amide bonds. The topological polar surface area (TPSA) is 36.1 Å². The Kier molecular flexibility index (Phi) is 6.63. The number of nitrogens with zero attached hydrogens (tertiary/aromatic N) is 2. The van der Waals surface area contributed by atoms with Gasteiger partial charge in [0.2, 0.25) is 0 Å². The summed E-state index contributed by atoms with van der Waals surface area (Å²) in [6, 6.07) is 10.4. The third kappa shape index (κ3) is 4.50. The van der Waals surface area contributed by atoms with Crippen LogP contribution < -0.4 is 0 Å². The van der Waals surface area contributed by atoms with Crippen LogP contribution in [-0.4, -0.2) is 6.21 Å². The van der Waals surface area contributed by atoms with Gasteiger partial charge in [0, 0.05) is 0 Å². The molecule has 0 radical (unpaired) electrons. The van der Waals surface area contributed by atoms with E-state index in [9.17, 15) is 0 Å². The van der Waals surface area contributed by atoms with E-state index >= 15 is 0 Å². The molecular weight excluding hydrogens is 183 g/mol. The van der Waals surface area contributed by atoms with Gasteiger partial charge >= 0.3 is 19.6 Å². The van der Waals surface area contributed by atoms with Crippen LogP contribution in [0.1, 0.15) is 6.92 Å². The predicted molar refractivity (Wildman–Crippen MR) is 40.8 cm³/mol. The van der Waals surface area contributed by atoms with Crippen LogP contribution in [0.3, 0.4) is 0 Å². The van der Waals surface area contributed by atoms with Crippen molar-refractivity contribution in [3.05, 3.63) is 30.3 Å². The van der Waals surface area contributed by atoms with Crippen molar-refractivity contribution in [3.63, 3.8) is 0 Å². The van der Waals surface area contributed by atoms with Crippen LogP contribution in [0.25, 0.3) is 0 Å². The Morgan fingerprint density at radius 3 is 2.45 bits per heavy atom. The molecule has 1 aromatic carbocycles. The third-order valence-electron chi connectivity index (χ3n) is 0.979. The predicted octanol–water partition coefficient (Wildman–Crippen LogP) is 2.22. The monoisotopic (exact) mass is 191 g/mol. The van der Waals surface area contributed by atoms with Gasteiger partial charge in [-0.15, -0.1) is 12.1 Å². The molecule has 2 nitrogen and oxygen atoms in total. The Morgan fingerprint density at radius 2 is 2.00 bits per heavy atom. The number of rotatable bonds is 1. The second-order valence-electron chi connectivity index (χ2n) is 1.65. The molecule has 0 bridgehead atoms. The zero-order chi connectivity index (χ0) is 8.53. The Balaban J connectivity index is 0.000000461. The third-order valence-corrected chi connectivity index (χ3v) is 0.979. The molecule has 11 heavy (non-hydrogen) atoms. The van der Waals surface area contributed by atoms with E-state index in [1.807, 2.05) is 31.2 Å². The van der Waals surface area contributed by atoms with E-state index in [1.54, 1.807) is 6.21 Å². The number of hydrogen-bond donors (Lipinski definition) is 0. The number of hydrogen-bond acceptors (Lipinski definition) is 2. The molecule has 3 heteroatoms. The summed E-state index contributed by atoms with van der Waals surface area (Å²) in [7, 11) is 0. The summed E-state index contributed by atoms with van der Waals surface area (Å²) >= 11 is 2.56. The molecular formula is C8H8CoN2-. The summed E-state index contributed by atoms with van der Waals surface area (Å²) in [6.07, 6.45) is 1.77. The van der Waals surface area contributed by atoms with Crippen molar-refractivity contribution in [1.82, 2.24) is 0 Å². The fraction of sp³-hybridized carbons (Fsp3) is 0.125. The van der Waals surface area contributed by atoms with E-state index in [4.69, 9.17) is 4.23 Å². The van der Waals surface area contributed by atoms with Crippen molar-refractivity contribution in [2.45, 2.75) is 6.92 Å². The van der Waals surface area contributed by atoms with Gasteiger partial charge in [-0.2, -0.15) is 18.2 Å². The van der Waals surface area contributed by atoms with Crippen LogP contribution >= 0.6 is 0 Å². The van der Waals surface area contributed by atoms with Gasteiger partial charge in [-0.25, -0.2) is 0 Å². The quantitative estimate of drug-likeness (QED) is 0.495. The molecule has 0 spiro atoms. The molecule has 0 aliphatic carbocycles. The van der Waals surface area contributed by atoms with E-state index in [0.717, 1.165) is 5.69 Å². The molecule has 60 valence electrons. The van der Waals surface area contributed by atoms with Gasteiger partial charge in [-0.1, -0.05) is 0 Å². The van der Waals surface area contributed by atoms with Gasteiger partial charge in [0.05, 0.1) is 0 Å². The van der Waals surface area contributed by atoms with Crippen LogP contribution in [0.2, 0.25) is 0 Å². The van der Waals surface area contributed by atoms with E-state index in [-0.39, 0.29) is 0 Å². The fourth-order valence-corrected chi connectivity index (χ4v) is 0.613. The molecule has 0 aliphatic rings. The molecule has 0 aromatic heterocycles. The van der Waals surface area contributed by atoms with Crippen molar-refractivity contribution >= 4 is 11.9 Å². The zero-order valence-electron chi connectivity index (χ0n) is 6.11. The van der Waals surface area contributed by atoms with Crippen LogP contribution in [0.4, 0.5) is 5.69 Å². The maximum absolute atomic E-state index is 6.69. The summed E-state index contributed by atoms with van der Waals surface area (Å²) in [6.45, 7) is 1.90. The summed E-state index contributed by atoms with van der Waals surface area (Å²) in [4.78, 5) is 4.06. The normalized spacial score (nSPS) is 8.82. The molecule has 0 atom stereocenters. The first-order valence-electron chi connectivity index (χ1n) is 3.03. The van der Waals surface area contributed by atoms with Gasteiger partial charge in [0.15, 0.2) is 0 Å². The molecule has 1 aromatic rings. The van der Waals surface area contributed by atoms with Crippen molar-refractivity contribution in [3.8, 4) is 0 Å². The maximum atomic E-state index is 6.69. The van der Waals surface area contributed by atoms with Crippen molar-refractivity contribution < 1.29 is 15.4 Å². The van der Waals surface area contributed by atoms with E-state index in [0.29, 0.717) is 0 Å². The fourth-order valence-electron chi connectivity index (χ4n) is 0.613. The summed E-state index contributed by atoms with van der Waals surface area (Å²) in [5.41, 5.74) is 0.983. The van der Waals surface area contributed by atoms with E-state index in [1.165, 1.54) is 0 Å². The Bertz CT molecular complexity index is 228. The van der Waals surface area contributed by atoms with Gasteiger partial charge in [0.25, 0.3) is 0 Å². The first-order chi connectivity index (χ1) is 5.43. The standard InChI is InChI=1S/C8H8N.Co.N/c1-2-9-8-6-4-3-5-7-8;;/h2,4-7H,1H3;;/q-1;;. The number of benzene rings is 1. The second-order valence-corrected chi connectivity index (χ2v) is 1.65. The van der Waals surface area contributed by atoms with E-state index in [2.05, 4.69) is 26.4 Å². The average molecular weight is 191 g/mol. The average Bonchev–Trinajstić information content (AvgIpc) is 2.11. The van der Waals surface area contributed by atoms with Crippen LogP contribution in [0, 0.1) is 10.3 Å². The first kappa shape index (κ1) is 10.1. The van der Waals surface area contributed by atoms with Crippen LogP contribution in [0.15, 0.2) is 29.3 Å². The molecule has 0 saturated carbocycles. The SMILES string of the molecule is CC=Nc1cc[c-]cc1.[N]#[Co]. The first-order valence-corrected chi connectivity index (χ1v) is 3.50. The van der Waals surface area contributed by atoms with Gasteiger partial charge in [-0.05, 0) is 18.8 Å². The number of aliphatic imine (C=N–C) groups is 1. The van der Waals surface area contributed by atoms with Crippen LogP contribution in [0.5, 0.6) is 0 Å². The van der Waals surface area contributed by atoms with Crippen molar-refractivity contribution in [2.24, 2.45) is 4.99 Å². The minimum absolute atomic E-state index is 0.983. The molecule has 1 rings (SSSR count). The Morgan fingerprint density at radius 1 is 1.45 bits per heavy atom. The summed E-state index contributed by atoms with van der Waals surface area (Å²) < 4.78 is 6.69. The van der Waals surface area contributed by atoms with Crippen molar-refractivity contribution in [1.29, 1.82) is 4.23 Å². The molecule has 0 aliphatic heterocycles. The molecule has 0 fully saturated rings. The molecule has 0 N–H and O–H groups in total. The van der Waals surface area contributed by atoms with E-state index < -0.39 is 0 Å². The molecule has 0 saturated heterocycles. The van der Waals surface area contributed by atoms with Gasteiger partial charge in [-0.3, -0.25) is 4.99 Å². The molecule has 0 unspecified atom stereocenters. The Hall–Kier alpha value is -0.894. The van der Waals surface area contributed by atoms with Gasteiger partial charge in [0.1, 0.15) is 0 Å². The van der Waals surface area contributed by atoms with Crippen LogP contribution in [-0.2, 0) is 15.4 Å². The van der Waals surface area contributed by atoms with Gasteiger partial charge < -0.3 is 0 Å². The zero-order valence-corrected chi connectivity index (χ0v) is 7.16. The van der Waals surface area contributed by atoms with Crippen molar-refractivity contribution in [2.75, 3.05) is 0 Å². The minimum atomic E-state index is 0.983. The molecule has 0 heterocycles. The Labute approximate surface area is 74.2 Å². The summed E-state index contributed by atoms with van der Waals surface area (Å²) in [5, 5.41) is 0.